The first-order chi connectivity index (χ1) is 13.6. The van der Waals surface area contributed by atoms with Crippen LogP contribution in [0.15, 0.2) is 47.6 Å². The van der Waals surface area contributed by atoms with Crippen molar-refractivity contribution < 1.29 is 23.8 Å². The highest BCUT2D eigenvalue weighted by Gasteiger charge is 2.09. The average Bonchev–Trinajstić information content (AvgIpc) is 2.72. The monoisotopic (exact) mass is 385 g/mol. The molecule has 0 atom stereocenters. The Morgan fingerprint density at radius 2 is 1.82 bits per heavy atom. The summed E-state index contributed by atoms with van der Waals surface area (Å²) in [5.41, 5.74) is 3.42. The smallest absolute Gasteiger partial charge is 0.259 e. The molecule has 0 heterocycles. The lowest BCUT2D eigenvalue weighted by atomic mass is 10.2. The number of hydrogen-bond acceptors (Lipinski definition) is 6. The Hall–Kier alpha value is -3.55. The molecule has 0 spiro atoms. The number of benzene rings is 2. The van der Waals surface area contributed by atoms with Gasteiger partial charge in [-0.25, -0.2) is 5.43 Å². The summed E-state index contributed by atoms with van der Waals surface area (Å²) in [5, 5.41) is 6.41. The van der Waals surface area contributed by atoms with Crippen LogP contribution in [-0.4, -0.2) is 45.4 Å². The number of amides is 2. The maximum absolute atomic E-state index is 12.1. The summed E-state index contributed by atoms with van der Waals surface area (Å²) >= 11 is 0. The van der Waals surface area contributed by atoms with Crippen molar-refractivity contribution in [2.75, 3.05) is 27.4 Å². The second-order valence-corrected chi connectivity index (χ2v) is 5.52. The van der Waals surface area contributed by atoms with Crippen molar-refractivity contribution in [1.29, 1.82) is 0 Å². The molecule has 0 bridgehead atoms. The number of methoxy groups -OCH3 is 2. The van der Waals surface area contributed by atoms with Crippen LogP contribution in [0, 0.1) is 0 Å². The molecule has 0 saturated heterocycles. The lowest BCUT2D eigenvalue weighted by molar-refractivity contribution is -0.120. The van der Waals surface area contributed by atoms with Gasteiger partial charge in [0.15, 0.2) is 11.5 Å². The van der Waals surface area contributed by atoms with Gasteiger partial charge < -0.3 is 19.5 Å². The number of carbonyl (C=O) groups excluding carboxylic acids is 2. The van der Waals surface area contributed by atoms with E-state index in [2.05, 4.69) is 15.8 Å². The molecule has 2 rings (SSSR count). The molecule has 0 radical (unpaired) electrons. The van der Waals surface area contributed by atoms with Crippen LogP contribution < -0.4 is 25.0 Å². The first-order valence-corrected chi connectivity index (χ1v) is 8.63. The van der Waals surface area contributed by atoms with E-state index < -0.39 is 5.91 Å². The standard InChI is InChI=1S/C20H23N3O5/c1-4-28-16-10-8-14(9-11-16)20(25)21-13-18(24)23-22-12-15-6-5-7-17(26-2)19(15)27-3/h5-12H,4,13H2,1-3H3,(H,21,25)(H,23,24)/b22-12-. The van der Waals surface area contributed by atoms with Gasteiger partial charge in [-0.15, -0.1) is 0 Å². The molecule has 8 heteroatoms. The fourth-order valence-corrected chi connectivity index (χ4v) is 2.36. The number of carbonyl (C=O) groups is 2. The summed E-state index contributed by atoms with van der Waals surface area (Å²) in [6, 6.07) is 12.0. The summed E-state index contributed by atoms with van der Waals surface area (Å²) in [4.78, 5) is 23.9. The van der Waals surface area contributed by atoms with Crippen LogP contribution in [0.1, 0.15) is 22.8 Å². The van der Waals surface area contributed by atoms with E-state index in [1.807, 2.05) is 6.92 Å². The van der Waals surface area contributed by atoms with Crippen molar-refractivity contribution in [1.82, 2.24) is 10.7 Å². The van der Waals surface area contributed by atoms with Crippen LogP contribution >= 0.6 is 0 Å². The number of nitrogens with zero attached hydrogens (tertiary/aromatic N) is 1. The molecule has 2 amide bonds. The first kappa shape index (κ1) is 20.8. The third-order valence-electron chi connectivity index (χ3n) is 3.66. The molecule has 2 aromatic rings. The lowest BCUT2D eigenvalue weighted by Gasteiger charge is -2.09. The molecular weight excluding hydrogens is 362 g/mol. The fourth-order valence-electron chi connectivity index (χ4n) is 2.36. The molecule has 0 fully saturated rings. The zero-order chi connectivity index (χ0) is 20.4. The van der Waals surface area contributed by atoms with Crippen LogP contribution in [0.5, 0.6) is 17.2 Å². The Morgan fingerprint density at radius 1 is 1.07 bits per heavy atom. The number of hydrogen-bond donors (Lipinski definition) is 2. The van der Waals surface area contributed by atoms with Crippen LogP contribution in [0.4, 0.5) is 0 Å². The number of ether oxygens (including phenoxy) is 3. The van der Waals surface area contributed by atoms with E-state index >= 15 is 0 Å². The molecule has 2 N–H and O–H groups in total. The first-order valence-electron chi connectivity index (χ1n) is 8.63. The zero-order valence-electron chi connectivity index (χ0n) is 16.0. The second kappa shape index (κ2) is 10.6. The third-order valence-corrected chi connectivity index (χ3v) is 3.66. The van der Waals surface area contributed by atoms with Crippen molar-refractivity contribution in [3.05, 3.63) is 53.6 Å². The maximum Gasteiger partial charge on any atom is 0.259 e. The Morgan fingerprint density at radius 3 is 2.46 bits per heavy atom. The Kier molecular flexibility index (Phi) is 7.83. The normalized spacial score (nSPS) is 10.4. The summed E-state index contributed by atoms with van der Waals surface area (Å²) in [7, 11) is 3.05. The number of rotatable bonds is 9. The number of nitrogens with one attached hydrogen (secondary N) is 2. The summed E-state index contributed by atoms with van der Waals surface area (Å²) in [5.74, 6) is 0.917. The molecule has 2 aromatic carbocycles. The van der Waals surface area contributed by atoms with Crippen molar-refractivity contribution in [2.24, 2.45) is 5.10 Å². The van der Waals surface area contributed by atoms with Crippen LogP contribution in [0.2, 0.25) is 0 Å². The highest BCUT2D eigenvalue weighted by molar-refractivity contribution is 5.96. The average molecular weight is 385 g/mol. The van der Waals surface area contributed by atoms with E-state index in [9.17, 15) is 9.59 Å². The molecule has 0 unspecified atom stereocenters. The predicted octanol–water partition coefficient (Wildman–Crippen LogP) is 1.98. The third kappa shape index (κ3) is 5.73. The molecule has 0 aliphatic heterocycles. The van der Waals surface area contributed by atoms with Gasteiger partial charge in [-0.1, -0.05) is 6.07 Å². The fraction of sp³-hybridized carbons (Fsp3) is 0.250. The van der Waals surface area contributed by atoms with Gasteiger partial charge in [-0.3, -0.25) is 9.59 Å². The van der Waals surface area contributed by atoms with Gasteiger partial charge in [0.2, 0.25) is 0 Å². The minimum atomic E-state index is -0.461. The lowest BCUT2D eigenvalue weighted by Crippen LogP contribution is -2.34. The van der Waals surface area contributed by atoms with Crippen molar-refractivity contribution in [3.63, 3.8) is 0 Å². The van der Waals surface area contributed by atoms with Gasteiger partial charge in [0, 0.05) is 11.1 Å². The highest BCUT2D eigenvalue weighted by atomic mass is 16.5. The molecule has 0 aliphatic rings. The van der Waals surface area contributed by atoms with Gasteiger partial charge in [0.05, 0.1) is 33.6 Å². The minimum Gasteiger partial charge on any atom is -0.494 e. The van der Waals surface area contributed by atoms with Crippen LogP contribution in [-0.2, 0) is 4.79 Å². The summed E-state index contributed by atoms with van der Waals surface area (Å²) in [6.45, 7) is 2.22. The molecule has 0 aromatic heterocycles. The molecule has 28 heavy (non-hydrogen) atoms. The quantitative estimate of drug-likeness (QED) is 0.508. The van der Waals surface area contributed by atoms with Crippen LogP contribution in [0.25, 0.3) is 0 Å². The van der Waals surface area contributed by atoms with E-state index in [4.69, 9.17) is 14.2 Å². The molecule has 0 aliphatic carbocycles. The minimum absolute atomic E-state index is 0.210. The maximum atomic E-state index is 12.1. The molecule has 8 nitrogen and oxygen atoms in total. The Labute approximate surface area is 163 Å². The van der Waals surface area contributed by atoms with Gasteiger partial charge >= 0.3 is 0 Å². The van der Waals surface area contributed by atoms with Gasteiger partial charge in [-0.05, 0) is 43.3 Å². The van der Waals surface area contributed by atoms with Gasteiger partial charge in [0.25, 0.3) is 11.8 Å². The van der Waals surface area contributed by atoms with Gasteiger partial charge in [-0.2, -0.15) is 5.10 Å². The molecular formula is C20H23N3O5. The van der Waals surface area contributed by atoms with E-state index in [1.165, 1.54) is 20.4 Å². The van der Waals surface area contributed by atoms with E-state index in [0.717, 1.165) is 0 Å². The molecule has 148 valence electrons. The number of hydrazone groups is 1. The van der Waals surface area contributed by atoms with Crippen molar-refractivity contribution in [2.45, 2.75) is 6.92 Å². The van der Waals surface area contributed by atoms with Crippen LogP contribution in [0.3, 0.4) is 0 Å². The van der Waals surface area contributed by atoms with E-state index in [0.29, 0.717) is 35.0 Å². The topological polar surface area (TPSA) is 98.2 Å². The van der Waals surface area contributed by atoms with Crippen molar-refractivity contribution in [3.8, 4) is 17.2 Å². The largest absolute Gasteiger partial charge is 0.494 e. The second-order valence-electron chi connectivity index (χ2n) is 5.52. The number of para-hydroxylation sites is 1. The predicted molar refractivity (Wildman–Crippen MR) is 105 cm³/mol. The zero-order valence-corrected chi connectivity index (χ0v) is 16.0. The summed E-state index contributed by atoms with van der Waals surface area (Å²) in [6.07, 6.45) is 1.44. The molecule has 0 saturated carbocycles. The van der Waals surface area contributed by atoms with E-state index in [1.54, 1.807) is 42.5 Å². The van der Waals surface area contributed by atoms with E-state index in [-0.39, 0.29) is 12.5 Å². The Balaban J connectivity index is 1.86. The highest BCUT2D eigenvalue weighted by Crippen LogP contribution is 2.29. The summed E-state index contributed by atoms with van der Waals surface area (Å²) < 4.78 is 15.8. The Bertz CT molecular complexity index is 834. The van der Waals surface area contributed by atoms with Crippen molar-refractivity contribution >= 4 is 18.0 Å². The SMILES string of the molecule is CCOc1ccc(C(=O)NCC(=O)N/N=C\c2cccc(OC)c2OC)cc1. The van der Waals surface area contributed by atoms with Gasteiger partial charge in [0.1, 0.15) is 5.75 Å².